The normalized spacial score (nSPS) is 15.6. The van der Waals surface area contributed by atoms with Crippen molar-refractivity contribution in [2.45, 2.75) is 19.9 Å². The van der Waals surface area contributed by atoms with Crippen LogP contribution in [-0.2, 0) is 16.0 Å². The number of piperazine rings is 1. The minimum absolute atomic E-state index is 0. The molecule has 1 fully saturated rings. The number of rotatable bonds is 13. The van der Waals surface area contributed by atoms with Gasteiger partial charge in [-0.1, -0.05) is 30.3 Å². The standard InChI is InChI=1S/C22H39N5O2.HI/c1-3-23-22(24-10-7-17-29-19-18-28-2)25-11-12-26-13-15-27(16-14-26)20-21-8-5-4-6-9-21;/h4-6,8-9H,3,7,10-20H2,1-2H3,(H2,23,24,25);1H. The number of guanidine groups is 1. The summed E-state index contributed by atoms with van der Waals surface area (Å²) in [5.74, 6) is 0.895. The highest BCUT2D eigenvalue weighted by Crippen LogP contribution is 2.07. The van der Waals surface area contributed by atoms with Crippen LogP contribution in [0.2, 0.25) is 0 Å². The lowest BCUT2D eigenvalue weighted by molar-refractivity contribution is 0.0702. The molecule has 1 aromatic rings. The fourth-order valence-electron chi connectivity index (χ4n) is 3.29. The second-order valence-electron chi connectivity index (χ2n) is 7.25. The van der Waals surface area contributed by atoms with E-state index in [0.717, 1.165) is 77.9 Å². The highest BCUT2D eigenvalue weighted by atomic mass is 127. The summed E-state index contributed by atoms with van der Waals surface area (Å²) in [4.78, 5) is 9.70. The van der Waals surface area contributed by atoms with Crippen LogP contribution in [0.1, 0.15) is 18.9 Å². The third kappa shape index (κ3) is 12.0. The molecule has 1 aliphatic heterocycles. The van der Waals surface area contributed by atoms with Gasteiger partial charge in [0, 0.05) is 72.6 Å². The van der Waals surface area contributed by atoms with Crippen LogP contribution < -0.4 is 10.6 Å². The summed E-state index contributed by atoms with van der Waals surface area (Å²) in [7, 11) is 1.69. The van der Waals surface area contributed by atoms with Crippen molar-refractivity contribution in [1.82, 2.24) is 20.4 Å². The molecule has 0 unspecified atom stereocenters. The predicted molar refractivity (Wildman–Crippen MR) is 135 cm³/mol. The van der Waals surface area contributed by atoms with Gasteiger partial charge < -0.3 is 20.1 Å². The molecule has 2 rings (SSSR count). The van der Waals surface area contributed by atoms with Gasteiger partial charge in [0.05, 0.1) is 13.2 Å². The molecule has 2 N–H and O–H groups in total. The maximum Gasteiger partial charge on any atom is 0.191 e. The first-order valence-electron chi connectivity index (χ1n) is 10.9. The number of nitrogens with zero attached hydrogens (tertiary/aromatic N) is 3. The van der Waals surface area contributed by atoms with Gasteiger partial charge in [-0.3, -0.25) is 14.8 Å². The minimum Gasteiger partial charge on any atom is -0.382 e. The van der Waals surface area contributed by atoms with Gasteiger partial charge in [0.25, 0.3) is 0 Å². The third-order valence-electron chi connectivity index (χ3n) is 4.93. The highest BCUT2D eigenvalue weighted by molar-refractivity contribution is 14.0. The summed E-state index contributed by atoms with van der Waals surface area (Å²) in [6.45, 7) is 13.3. The average Bonchev–Trinajstić information content (AvgIpc) is 2.75. The fraction of sp³-hybridized carbons (Fsp3) is 0.682. The molecule has 172 valence electrons. The fourth-order valence-corrected chi connectivity index (χ4v) is 3.29. The van der Waals surface area contributed by atoms with Crippen molar-refractivity contribution in [1.29, 1.82) is 0 Å². The lowest BCUT2D eigenvalue weighted by Gasteiger charge is -2.34. The van der Waals surface area contributed by atoms with Gasteiger partial charge in [-0.25, -0.2) is 0 Å². The van der Waals surface area contributed by atoms with Crippen molar-refractivity contribution in [2.75, 3.05) is 79.3 Å². The van der Waals surface area contributed by atoms with Crippen LogP contribution in [0.4, 0.5) is 0 Å². The Balaban J connectivity index is 0.00000450. The van der Waals surface area contributed by atoms with E-state index in [1.165, 1.54) is 5.56 Å². The second-order valence-corrected chi connectivity index (χ2v) is 7.25. The number of benzene rings is 1. The monoisotopic (exact) mass is 533 g/mol. The zero-order valence-electron chi connectivity index (χ0n) is 18.6. The van der Waals surface area contributed by atoms with Gasteiger partial charge in [-0.15, -0.1) is 24.0 Å². The summed E-state index contributed by atoms with van der Waals surface area (Å²) in [6, 6.07) is 10.7. The van der Waals surface area contributed by atoms with Crippen LogP contribution in [0.5, 0.6) is 0 Å². The quantitative estimate of drug-likeness (QED) is 0.175. The Hall–Kier alpha value is -0.940. The number of ether oxygens (including phenoxy) is 2. The first-order valence-corrected chi connectivity index (χ1v) is 10.9. The molecule has 30 heavy (non-hydrogen) atoms. The van der Waals surface area contributed by atoms with Gasteiger partial charge in [-0.05, 0) is 18.9 Å². The van der Waals surface area contributed by atoms with Crippen LogP contribution >= 0.6 is 24.0 Å². The molecule has 0 spiro atoms. The molecule has 0 atom stereocenters. The maximum atomic E-state index is 5.48. The highest BCUT2D eigenvalue weighted by Gasteiger charge is 2.16. The molecule has 1 saturated heterocycles. The van der Waals surface area contributed by atoms with Crippen molar-refractivity contribution < 1.29 is 9.47 Å². The largest absolute Gasteiger partial charge is 0.382 e. The van der Waals surface area contributed by atoms with Crippen molar-refractivity contribution in [2.24, 2.45) is 4.99 Å². The number of nitrogens with one attached hydrogen (secondary N) is 2. The molecule has 8 heteroatoms. The lowest BCUT2D eigenvalue weighted by Crippen LogP contribution is -2.49. The Morgan fingerprint density at radius 3 is 2.43 bits per heavy atom. The van der Waals surface area contributed by atoms with Crippen LogP contribution in [0, 0.1) is 0 Å². The smallest absolute Gasteiger partial charge is 0.191 e. The van der Waals surface area contributed by atoms with E-state index in [-0.39, 0.29) is 24.0 Å². The molecule has 0 aliphatic carbocycles. The summed E-state index contributed by atoms with van der Waals surface area (Å²) in [6.07, 6.45) is 0.920. The van der Waals surface area contributed by atoms with E-state index in [1.807, 2.05) is 0 Å². The third-order valence-corrected chi connectivity index (χ3v) is 4.93. The van der Waals surface area contributed by atoms with Gasteiger partial charge >= 0.3 is 0 Å². The van der Waals surface area contributed by atoms with Crippen LogP contribution in [0.3, 0.4) is 0 Å². The molecule has 1 aromatic carbocycles. The summed E-state index contributed by atoms with van der Waals surface area (Å²) in [5.41, 5.74) is 1.40. The maximum absolute atomic E-state index is 5.48. The summed E-state index contributed by atoms with van der Waals surface area (Å²) < 4.78 is 10.4. The van der Waals surface area contributed by atoms with Gasteiger partial charge in [0.15, 0.2) is 5.96 Å². The second kappa shape index (κ2) is 17.7. The number of aliphatic imine (C=N–C) groups is 1. The first-order chi connectivity index (χ1) is 14.3. The molecule has 0 aromatic heterocycles. The molecule has 7 nitrogen and oxygen atoms in total. The molecular formula is C22H40IN5O2. The van der Waals surface area contributed by atoms with E-state index in [9.17, 15) is 0 Å². The predicted octanol–water partition coefficient (Wildman–Crippen LogP) is 2.03. The van der Waals surface area contributed by atoms with Crippen molar-refractivity contribution in [3.8, 4) is 0 Å². The Labute approximate surface area is 199 Å². The van der Waals surface area contributed by atoms with Crippen molar-refractivity contribution in [3.05, 3.63) is 35.9 Å². The van der Waals surface area contributed by atoms with E-state index in [4.69, 9.17) is 9.47 Å². The van der Waals surface area contributed by atoms with E-state index < -0.39 is 0 Å². The Morgan fingerprint density at radius 1 is 1.00 bits per heavy atom. The molecule has 0 bridgehead atoms. The van der Waals surface area contributed by atoms with E-state index in [2.05, 4.69) is 62.7 Å². The van der Waals surface area contributed by atoms with E-state index in [0.29, 0.717) is 13.2 Å². The van der Waals surface area contributed by atoms with Gasteiger partial charge in [-0.2, -0.15) is 0 Å². The molecule has 0 radical (unpaired) electrons. The zero-order valence-corrected chi connectivity index (χ0v) is 21.0. The zero-order chi connectivity index (χ0) is 20.6. The van der Waals surface area contributed by atoms with Crippen LogP contribution in [-0.4, -0.2) is 95.0 Å². The summed E-state index contributed by atoms with van der Waals surface area (Å²) >= 11 is 0. The molecule has 1 heterocycles. The molecular weight excluding hydrogens is 493 g/mol. The lowest BCUT2D eigenvalue weighted by atomic mass is 10.2. The van der Waals surface area contributed by atoms with Gasteiger partial charge in [0.2, 0.25) is 0 Å². The SMILES string of the molecule is CCNC(=NCCCOCCOC)NCCN1CCN(Cc2ccccc2)CC1.I. The number of hydrogen-bond donors (Lipinski definition) is 2. The minimum atomic E-state index is 0. The van der Waals surface area contributed by atoms with E-state index in [1.54, 1.807) is 7.11 Å². The Kier molecular flexibility index (Phi) is 16.0. The van der Waals surface area contributed by atoms with Crippen LogP contribution in [0.25, 0.3) is 0 Å². The Morgan fingerprint density at radius 2 is 1.73 bits per heavy atom. The number of methoxy groups -OCH3 is 1. The first kappa shape index (κ1) is 27.1. The van der Waals surface area contributed by atoms with E-state index >= 15 is 0 Å². The average molecular weight is 533 g/mol. The summed E-state index contributed by atoms with van der Waals surface area (Å²) in [5, 5.41) is 6.77. The number of hydrogen-bond acceptors (Lipinski definition) is 5. The molecule has 0 saturated carbocycles. The topological polar surface area (TPSA) is 61.4 Å². The van der Waals surface area contributed by atoms with Crippen LogP contribution in [0.15, 0.2) is 35.3 Å². The van der Waals surface area contributed by atoms with Crippen molar-refractivity contribution >= 4 is 29.9 Å². The van der Waals surface area contributed by atoms with Crippen molar-refractivity contribution in [3.63, 3.8) is 0 Å². The number of halogens is 1. The molecule has 0 amide bonds. The Bertz CT molecular complexity index is 554. The van der Waals surface area contributed by atoms with Gasteiger partial charge in [0.1, 0.15) is 0 Å². The molecule has 1 aliphatic rings.